The highest BCUT2D eigenvalue weighted by Crippen LogP contribution is 2.45. The molecule has 0 saturated carbocycles. The highest BCUT2D eigenvalue weighted by molar-refractivity contribution is 7.99. The Hall–Kier alpha value is -2.34. The molecule has 0 aliphatic rings. The lowest BCUT2D eigenvalue weighted by Crippen LogP contribution is -2.20. The molecule has 0 bridgehead atoms. The van der Waals surface area contributed by atoms with Crippen LogP contribution in [0.1, 0.15) is 20.3 Å². The lowest BCUT2D eigenvalue weighted by atomic mass is 10.3. The molecule has 3 aromatic rings. The van der Waals surface area contributed by atoms with Gasteiger partial charge in [-0.25, -0.2) is 9.97 Å². The summed E-state index contributed by atoms with van der Waals surface area (Å²) >= 11 is 1.34. The average molecular weight is 519 g/mol. The second kappa shape index (κ2) is 10.9. The van der Waals surface area contributed by atoms with Gasteiger partial charge < -0.3 is 24.7 Å². The number of aromatic nitrogens is 4. The molecular weight excluding hydrogens is 494 g/mol. The fourth-order valence-corrected chi connectivity index (χ4v) is 4.99. The molecule has 2 heterocycles. The van der Waals surface area contributed by atoms with Gasteiger partial charge in [-0.05, 0) is 37.6 Å². The van der Waals surface area contributed by atoms with Crippen molar-refractivity contribution in [2.45, 2.75) is 49.0 Å². The highest BCUT2D eigenvalue weighted by Gasteiger charge is 2.38. The molecule has 186 valence electrons. The summed E-state index contributed by atoms with van der Waals surface area (Å²) in [5.41, 5.74) is 6.79. The van der Waals surface area contributed by atoms with E-state index in [0.29, 0.717) is 22.8 Å². The number of alkyl halides is 3. The Morgan fingerprint density at radius 2 is 1.97 bits per heavy atom. The smallest absolute Gasteiger partial charge is 0.398 e. The van der Waals surface area contributed by atoms with E-state index in [4.69, 9.17) is 15.2 Å². The van der Waals surface area contributed by atoms with Crippen molar-refractivity contribution in [3.05, 3.63) is 30.6 Å². The first-order valence-corrected chi connectivity index (χ1v) is 13.2. The topological polar surface area (TPSA) is 125 Å². The van der Waals surface area contributed by atoms with Crippen LogP contribution in [-0.2, 0) is 15.8 Å². The maximum absolute atomic E-state index is 12.4. The zero-order valence-corrected chi connectivity index (χ0v) is 20.2. The lowest BCUT2D eigenvalue weighted by molar-refractivity contribution is -0.108. The van der Waals surface area contributed by atoms with Gasteiger partial charge >= 0.3 is 6.18 Å². The summed E-state index contributed by atoms with van der Waals surface area (Å²) < 4.78 is 61.4. The molecule has 1 aromatic carbocycles. The van der Waals surface area contributed by atoms with Gasteiger partial charge in [0.25, 0.3) is 0 Å². The first-order valence-electron chi connectivity index (χ1n) is 10.3. The molecule has 3 N–H and O–H groups in total. The maximum atomic E-state index is 12.4. The van der Waals surface area contributed by atoms with Crippen LogP contribution >= 0.6 is 19.1 Å². The predicted molar refractivity (Wildman–Crippen MR) is 122 cm³/mol. The molecule has 9 nitrogen and oxygen atoms in total. The number of nitrogens with zero attached hydrogens (tertiary/aromatic N) is 4. The third-order valence-electron chi connectivity index (χ3n) is 4.40. The standard InChI is InChI=1S/C20H25F3N5O4PS/c1-3-8-31-14-4-6-15(7-5-14)34-18-16-17(26-19(24)27-18)28(11-25-16)9-13(2)32-12-33(29,30)10-20(21,22)23/h4-7,11,13H,3,8-10,12H2,1-2H3,(H,29,30)(H2,24,26,27). The third-order valence-corrected chi connectivity index (χ3v) is 6.79. The Morgan fingerprint density at radius 1 is 1.26 bits per heavy atom. The number of rotatable bonds is 11. The second-order valence-electron chi connectivity index (χ2n) is 7.60. The van der Waals surface area contributed by atoms with Crippen LogP contribution < -0.4 is 10.5 Å². The van der Waals surface area contributed by atoms with E-state index in [0.717, 1.165) is 17.1 Å². The van der Waals surface area contributed by atoms with Gasteiger partial charge in [0, 0.05) is 4.90 Å². The number of anilines is 1. The number of ether oxygens (including phenoxy) is 2. The van der Waals surface area contributed by atoms with Crippen LogP contribution in [0.4, 0.5) is 19.1 Å². The number of imidazole rings is 1. The van der Waals surface area contributed by atoms with Gasteiger partial charge in [-0.15, -0.1) is 0 Å². The van der Waals surface area contributed by atoms with E-state index in [9.17, 15) is 22.6 Å². The number of hydrogen-bond acceptors (Lipinski definition) is 8. The largest absolute Gasteiger partial charge is 0.494 e. The second-order valence-corrected chi connectivity index (χ2v) is 10.9. The molecule has 2 unspecified atom stereocenters. The zero-order valence-electron chi connectivity index (χ0n) is 18.5. The summed E-state index contributed by atoms with van der Waals surface area (Å²) in [5, 5.41) is 0.530. The maximum Gasteiger partial charge on any atom is 0.398 e. The van der Waals surface area contributed by atoms with Crippen molar-refractivity contribution < 1.29 is 32.1 Å². The van der Waals surface area contributed by atoms with E-state index in [1.54, 1.807) is 11.5 Å². The molecule has 0 amide bonds. The number of nitrogen functional groups attached to an aromatic ring is 1. The van der Waals surface area contributed by atoms with Crippen LogP contribution in [0.5, 0.6) is 5.75 Å². The average Bonchev–Trinajstić information content (AvgIpc) is 3.13. The molecule has 2 atom stereocenters. The summed E-state index contributed by atoms with van der Waals surface area (Å²) in [5.74, 6) is 0.790. The van der Waals surface area contributed by atoms with E-state index in [2.05, 4.69) is 15.0 Å². The van der Waals surface area contributed by atoms with Crippen molar-refractivity contribution >= 4 is 36.2 Å². The molecule has 0 aliphatic heterocycles. The van der Waals surface area contributed by atoms with E-state index in [1.165, 1.54) is 18.1 Å². The summed E-state index contributed by atoms with van der Waals surface area (Å²) in [7, 11) is -4.50. The summed E-state index contributed by atoms with van der Waals surface area (Å²) in [6.45, 7) is 4.36. The van der Waals surface area contributed by atoms with E-state index in [-0.39, 0.29) is 12.5 Å². The van der Waals surface area contributed by atoms with Crippen LogP contribution in [0.15, 0.2) is 40.5 Å². The van der Waals surface area contributed by atoms with Crippen molar-refractivity contribution in [2.75, 3.05) is 24.9 Å². The molecule has 34 heavy (non-hydrogen) atoms. The Morgan fingerprint density at radius 3 is 2.62 bits per heavy atom. The van der Waals surface area contributed by atoms with Crippen LogP contribution in [0.2, 0.25) is 0 Å². The first-order chi connectivity index (χ1) is 16.0. The SMILES string of the molecule is CCCOc1ccc(Sc2nc(N)nc3c2ncn3CC(C)OCP(=O)(O)CC(F)(F)F)cc1. The number of hydrogen-bond donors (Lipinski definition) is 2. The summed E-state index contributed by atoms with van der Waals surface area (Å²) in [6, 6.07) is 7.49. The Labute approximate surface area is 198 Å². The van der Waals surface area contributed by atoms with Crippen LogP contribution in [0.3, 0.4) is 0 Å². The molecule has 14 heteroatoms. The zero-order chi connectivity index (χ0) is 24.9. The van der Waals surface area contributed by atoms with Crippen molar-refractivity contribution in [1.82, 2.24) is 19.5 Å². The summed E-state index contributed by atoms with van der Waals surface area (Å²) in [6.07, 6.45) is -5.74. The number of nitrogens with two attached hydrogens (primary N) is 1. The van der Waals surface area contributed by atoms with Gasteiger partial charge in [-0.3, -0.25) is 4.57 Å². The Bertz CT molecular complexity index is 1160. The van der Waals surface area contributed by atoms with Gasteiger partial charge in [0.2, 0.25) is 13.3 Å². The van der Waals surface area contributed by atoms with Crippen LogP contribution in [0, 0.1) is 0 Å². The Balaban J connectivity index is 1.71. The molecular formula is C20H25F3N5O4PS. The molecule has 0 radical (unpaired) electrons. The third kappa shape index (κ3) is 7.59. The van der Waals surface area contributed by atoms with Gasteiger partial charge in [0.05, 0.1) is 25.6 Å². The minimum Gasteiger partial charge on any atom is -0.494 e. The number of fused-ring (bicyclic) bond motifs is 1. The minimum absolute atomic E-state index is 0.0262. The molecule has 0 fully saturated rings. The number of halogens is 3. The van der Waals surface area contributed by atoms with Crippen LogP contribution in [0.25, 0.3) is 11.2 Å². The van der Waals surface area contributed by atoms with Crippen molar-refractivity contribution in [2.24, 2.45) is 0 Å². The number of benzene rings is 1. The van der Waals surface area contributed by atoms with Crippen LogP contribution in [-0.4, -0.2) is 55.8 Å². The molecule has 0 spiro atoms. The Kier molecular flexibility index (Phi) is 8.45. The normalized spacial score (nSPS) is 14.8. The van der Waals surface area contributed by atoms with Gasteiger partial charge in [0.15, 0.2) is 5.65 Å². The van der Waals surface area contributed by atoms with Crippen molar-refractivity contribution in [3.63, 3.8) is 0 Å². The van der Waals surface area contributed by atoms with E-state index >= 15 is 0 Å². The quantitative estimate of drug-likeness (QED) is 0.277. The monoisotopic (exact) mass is 519 g/mol. The van der Waals surface area contributed by atoms with Crippen molar-refractivity contribution in [3.8, 4) is 5.75 Å². The van der Waals surface area contributed by atoms with E-state index < -0.39 is 32.2 Å². The first kappa shape index (κ1) is 26.3. The molecule has 0 aliphatic carbocycles. The molecule has 2 aromatic heterocycles. The van der Waals surface area contributed by atoms with Crippen molar-refractivity contribution in [1.29, 1.82) is 0 Å². The highest BCUT2D eigenvalue weighted by atomic mass is 32.2. The van der Waals surface area contributed by atoms with Gasteiger partial charge in [-0.1, -0.05) is 18.7 Å². The van der Waals surface area contributed by atoms with Gasteiger partial charge in [0.1, 0.15) is 28.8 Å². The van der Waals surface area contributed by atoms with E-state index in [1.807, 2.05) is 31.2 Å². The summed E-state index contributed by atoms with van der Waals surface area (Å²) in [4.78, 5) is 23.3. The lowest BCUT2D eigenvalue weighted by Gasteiger charge is -2.18. The fourth-order valence-electron chi connectivity index (χ4n) is 2.97. The predicted octanol–water partition coefficient (Wildman–Crippen LogP) is 4.54. The fraction of sp³-hybridized carbons (Fsp3) is 0.450. The van der Waals surface area contributed by atoms with Gasteiger partial charge in [-0.2, -0.15) is 18.2 Å². The molecule has 3 rings (SSSR count). The minimum atomic E-state index is -4.75. The molecule has 0 saturated heterocycles.